The zero-order chi connectivity index (χ0) is 9.56. The van der Waals surface area contributed by atoms with E-state index in [-0.39, 0.29) is 0 Å². The maximum Gasteiger partial charge on any atom is 0.334 e. The van der Waals surface area contributed by atoms with Crippen LogP contribution in [0, 0.1) is 5.92 Å². The molecular weight excluding hydrogens is 156 g/mol. The normalized spacial score (nSPS) is 13.1. The lowest BCUT2D eigenvalue weighted by Gasteiger charge is -2.13. The van der Waals surface area contributed by atoms with Crippen molar-refractivity contribution in [2.24, 2.45) is 5.92 Å². The molecule has 1 N–H and O–H groups in total. The van der Waals surface area contributed by atoms with Crippen molar-refractivity contribution in [3.8, 4) is 0 Å². The maximum absolute atomic E-state index is 10.8. The van der Waals surface area contributed by atoms with Gasteiger partial charge in [0.1, 0.15) is 6.10 Å². The first kappa shape index (κ1) is 11.4. The molecule has 0 aliphatic carbocycles. The minimum atomic E-state index is -1.00. The molecule has 0 saturated heterocycles. The fraction of sp³-hybridized carbons (Fsp3) is 0.889. The lowest BCUT2D eigenvalue weighted by molar-refractivity contribution is -0.153. The Bertz CT molecular complexity index is 128. The van der Waals surface area contributed by atoms with Gasteiger partial charge in [0, 0.05) is 0 Å². The van der Waals surface area contributed by atoms with Crippen molar-refractivity contribution < 1.29 is 14.6 Å². The Hall–Kier alpha value is -0.570. The van der Waals surface area contributed by atoms with Gasteiger partial charge in [0.05, 0.1) is 6.61 Å². The Balaban J connectivity index is 3.59. The molecule has 0 amide bonds. The average molecular weight is 174 g/mol. The topological polar surface area (TPSA) is 46.5 Å². The Morgan fingerprint density at radius 2 is 1.92 bits per heavy atom. The molecule has 0 rings (SSSR count). The summed E-state index contributed by atoms with van der Waals surface area (Å²) in [7, 11) is 0. The molecule has 0 spiro atoms. The summed E-state index contributed by atoms with van der Waals surface area (Å²) < 4.78 is 4.86. The van der Waals surface area contributed by atoms with Crippen LogP contribution in [-0.2, 0) is 9.53 Å². The highest BCUT2D eigenvalue weighted by Gasteiger charge is 2.12. The molecular formula is C9H18O3. The molecule has 0 aromatic rings. The van der Waals surface area contributed by atoms with Gasteiger partial charge in [-0.1, -0.05) is 26.7 Å². The first-order valence-corrected chi connectivity index (χ1v) is 4.46. The third-order valence-electron chi connectivity index (χ3n) is 1.96. The van der Waals surface area contributed by atoms with Crippen molar-refractivity contribution in [3.05, 3.63) is 0 Å². The van der Waals surface area contributed by atoms with E-state index in [0.717, 1.165) is 12.8 Å². The summed E-state index contributed by atoms with van der Waals surface area (Å²) in [6, 6.07) is 0. The summed E-state index contributed by atoms with van der Waals surface area (Å²) in [5.74, 6) is -0.102. The molecule has 3 heteroatoms. The largest absolute Gasteiger partial charge is 0.463 e. The van der Waals surface area contributed by atoms with E-state index < -0.39 is 12.1 Å². The van der Waals surface area contributed by atoms with E-state index in [2.05, 4.69) is 13.8 Å². The number of rotatable bonds is 5. The van der Waals surface area contributed by atoms with E-state index in [4.69, 9.17) is 9.84 Å². The van der Waals surface area contributed by atoms with Crippen LogP contribution >= 0.6 is 0 Å². The van der Waals surface area contributed by atoms with Gasteiger partial charge in [0.2, 0.25) is 0 Å². The number of aliphatic hydroxyl groups is 1. The summed E-state index contributed by atoms with van der Waals surface area (Å²) in [5.41, 5.74) is 0. The fourth-order valence-corrected chi connectivity index (χ4v) is 0.845. The molecule has 0 aromatic heterocycles. The summed E-state index contributed by atoms with van der Waals surface area (Å²) >= 11 is 0. The first-order chi connectivity index (χ1) is 5.61. The van der Waals surface area contributed by atoms with Crippen molar-refractivity contribution >= 4 is 5.97 Å². The Morgan fingerprint density at radius 1 is 1.42 bits per heavy atom. The number of ether oxygens (including phenoxy) is 1. The first-order valence-electron chi connectivity index (χ1n) is 4.46. The molecule has 0 fully saturated rings. The van der Waals surface area contributed by atoms with E-state index in [1.807, 2.05) is 0 Å². The SMILES string of the molecule is CCC(CC)COC(=O)C(C)O. The molecule has 72 valence electrons. The van der Waals surface area contributed by atoms with Gasteiger partial charge in [-0.15, -0.1) is 0 Å². The zero-order valence-electron chi connectivity index (χ0n) is 8.04. The molecule has 0 radical (unpaired) electrons. The summed E-state index contributed by atoms with van der Waals surface area (Å²) in [5, 5.41) is 8.80. The monoisotopic (exact) mass is 174 g/mol. The second-order valence-corrected chi connectivity index (χ2v) is 2.99. The lowest BCUT2D eigenvalue weighted by Crippen LogP contribution is -2.22. The van der Waals surface area contributed by atoms with Crippen LogP contribution in [0.5, 0.6) is 0 Å². The molecule has 0 aliphatic rings. The van der Waals surface area contributed by atoms with Crippen molar-refractivity contribution in [1.29, 1.82) is 0 Å². The highest BCUT2D eigenvalue weighted by Crippen LogP contribution is 2.07. The molecule has 0 aromatic carbocycles. The van der Waals surface area contributed by atoms with Gasteiger partial charge in [-0.3, -0.25) is 0 Å². The second kappa shape index (κ2) is 6.00. The van der Waals surface area contributed by atoms with Crippen LogP contribution in [0.25, 0.3) is 0 Å². The Morgan fingerprint density at radius 3 is 2.25 bits per heavy atom. The van der Waals surface area contributed by atoms with Crippen molar-refractivity contribution in [1.82, 2.24) is 0 Å². The van der Waals surface area contributed by atoms with Gasteiger partial charge in [0.25, 0.3) is 0 Å². The van der Waals surface area contributed by atoms with Gasteiger partial charge in [-0.05, 0) is 12.8 Å². The number of hydrogen-bond acceptors (Lipinski definition) is 3. The standard InChI is InChI=1S/C9H18O3/c1-4-8(5-2)6-12-9(11)7(3)10/h7-8,10H,4-6H2,1-3H3. The van der Waals surface area contributed by atoms with Gasteiger partial charge < -0.3 is 9.84 Å². The average Bonchev–Trinajstić information content (AvgIpc) is 2.05. The van der Waals surface area contributed by atoms with Crippen molar-refractivity contribution in [2.75, 3.05) is 6.61 Å². The highest BCUT2D eigenvalue weighted by molar-refractivity contribution is 5.73. The Kier molecular flexibility index (Phi) is 5.72. The van der Waals surface area contributed by atoms with E-state index in [9.17, 15) is 4.79 Å². The number of esters is 1. The minimum absolute atomic E-state index is 0.424. The van der Waals surface area contributed by atoms with Gasteiger partial charge in [-0.25, -0.2) is 4.79 Å². The lowest BCUT2D eigenvalue weighted by atomic mass is 10.1. The predicted octanol–water partition coefficient (Wildman–Crippen LogP) is 1.35. The zero-order valence-corrected chi connectivity index (χ0v) is 8.04. The van der Waals surface area contributed by atoms with E-state index in [1.54, 1.807) is 0 Å². The molecule has 0 heterocycles. The smallest absolute Gasteiger partial charge is 0.334 e. The van der Waals surface area contributed by atoms with Gasteiger partial charge in [0.15, 0.2) is 0 Å². The number of carbonyl (C=O) groups is 1. The van der Waals surface area contributed by atoms with Gasteiger partial charge in [-0.2, -0.15) is 0 Å². The maximum atomic E-state index is 10.8. The molecule has 1 atom stereocenters. The molecule has 0 bridgehead atoms. The quantitative estimate of drug-likeness (QED) is 0.640. The third kappa shape index (κ3) is 4.34. The highest BCUT2D eigenvalue weighted by atomic mass is 16.5. The molecule has 1 unspecified atom stereocenters. The van der Waals surface area contributed by atoms with E-state index >= 15 is 0 Å². The van der Waals surface area contributed by atoms with Crippen LogP contribution in [0.15, 0.2) is 0 Å². The van der Waals surface area contributed by atoms with Crippen LogP contribution in [-0.4, -0.2) is 23.8 Å². The van der Waals surface area contributed by atoms with Crippen LogP contribution in [0.2, 0.25) is 0 Å². The van der Waals surface area contributed by atoms with Crippen molar-refractivity contribution in [3.63, 3.8) is 0 Å². The molecule has 0 saturated carbocycles. The molecule has 3 nitrogen and oxygen atoms in total. The van der Waals surface area contributed by atoms with Crippen LogP contribution in [0.1, 0.15) is 33.6 Å². The summed E-state index contributed by atoms with van der Waals surface area (Å²) in [6.07, 6.45) is 1.01. The van der Waals surface area contributed by atoms with Crippen LogP contribution in [0.3, 0.4) is 0 Å². The minimum Gasteiger partial charge on any atom is -0.463 e. The Labute approximate surface area is 73.7 Å². The van der Waals surface area contributed by atoms with Crippen LogP contribution < -0.4 is 0 Å². The predicted molar refractivity (Wildman–Crippen MR) is 46.7 cm³/mol. The van der Waals surface area contributed by atoms with E-state index in [1.165, 1.54) is 6.92 Å². The molecule has 0 aliphatic heterocycles. The number of carbonyl (C=O) groups excluding carboxylic acids is 1. The molecule has 12 heavy (non-hydrogen) atoms. The third-order valence-corrected chi connectivity index (χ3v) is 1.96. The van der Waals surface area contributed by atoms with Crippen molar-refractivity contribution in [2.45, 2.75) is 39.7 Å². The van der Waals surface area contributed by atoms with Gasteiger partial charge >= 0.3 is 5.97 Å². The summed E-state index contributed by atoms with van der Waals surface area (Å²) in [4.78, 5) is 10.8. The number of hydrogen-bond donors (Lipinski definition) is 1. The van der Waals surface area contributed by atoms with E-state index in [0.29, 0.717) is 12.5 Å². The fourth-order valence-electron chi connectivity index (χ4n) is 0.845. The summed E-state index contributed by atoms with van der Waals surface area (Å²) in [6.45, 7) is 5.96. The second-order valence-electron chi connectivity index (χ2n) is 2.99. The number of aliphatic hydroxyl groups excluding tert-OH is 1. The van der Waals surface area contributed by atoms with Crippen LogP contribution in [0.4, 0.5) is 0 Å².